The van der Waals surface area contributed by atoms with Crippen molar-refractivity contribution in [3.05, 3.63) is 23.1 Å². The van der Waals surface area contributed by atoms with E-state index in [1.807, 2.05) is 18.0 Å². The Bertz CT molecular complexity index is 269. The zero-order valence-corrected chi connectivity index (χ0v) is 10.7. The van der Waals surface area contributed by atoms with Crippen LogP contribution in [0.5, 0.6) is 0 Å². The summed E-state index contributed by atoms with van der Waals surface area (Å²) in [6.07, 6.45) is 6.36. The topological polar surface area (TPSA) is 12.5 Å². The lowest BCUT2D eigenvalue weighted by molar-refractivity contribution is 0.110. The summed E-state index contributed by atoms with van der Waals surface area (Å²) >= 11 is 6.22. The predicted molar refractivity (Wildman–Crippen MR) is 64.7 cm³/mol. The van der Waals surface area contributed by atoms with Crippen LogP contribution in [0.4, 0.5) is 0 Å². The minimum atomic E-state index is 0.264. The maximum absolute atomic E-state index is 6.22. The second kappa shape index (κ2) is 5.45. The summed E-state index contributed by atoms with van der Waals surface area (Å²) < 4.78 is 5.84. The standard InChI is InChI=1S/C12H20ClNO/c1-5-10(6-2)15-11-8-7-9(3)14(4)12(11)13/h7-10H,5-6H2,1-4H3. The molecule has 1 heterocycles. The smallest absolute Gasteiger partial charge is 0.154 e. The average Bonchev–Trinajstić information content (AvgIpc) is 2.25. The summed E-state index contributed by atoms with van der Waals surface area (Å²) in [6, 6.07) is 0.339. The van der Waals surface area contributed by atoms with Crippen LogP contribution in [0.1, 0.15) is 33.6 Å². The second-order valence-corrected chi connectivity index (χ2v) is 4.28. The first-order chi connectivity index (χ1) is 7.10. The van der Waals surface area contributed by atoms with Gasteiger partial charge in [-0.3, -0.25) is 0 Å². The van der Waals surface area contributed by atoms with E-state index in [1.165, 1.54) is 0 Å². The Hall–Kier alpha value is -0.630. The Kier molecular flexibility index (Phi) is 4.52. The highest BCUT2D eigenvalue weighted by Gasteiger charge is 2.19. The van der Waals surface area contributed by atoms with E-state index in [4.69, 9.17) is 16.3 Å². The zero-order chi connectivity index (χ0) is 11.4. The lowest BCUT2D eigenvalue weighted by Crippen LogP contribution is -2.29. The van der Waals surface area contributed by atoms with E-state index in [2.05, 4.69) is 26.8 Å². The summed E-state index contributed by atoms with van der Waals surface area (Å²) in [5, 5.41) is 0.705. The molecule has 0 saturated heterocycles. The summed E-state index contributed by atoms with van der Waals surface area (Å²) in [6.45, 7) is 6.36. The number of nitrogens with zero attached hydrogens (tertiary/aromatic N) is 1. The first-order valence-electron chi connectivity index (χ1n) is 5.57. The SMILES string of the molecule is CCC(CC)OC1=C(Cl)N(C)C(C)C=C1. The van der Waals surface area contributed by atoms with E-state index in [1.54, 1.807) is 0 Å². The Morgan fingerprint density at radius 2 is 2.07 bits per heavy atom. The third-order valence-electron chi connectivity index (χ3n) is 2.85. The van der Waals surface area contributed by atoms with Crippen molar-refractivity contribution in [2.24, 2.45) is 0 Å². The summed E-state index contributed by atoms with van der Waals surface area (Å²) in [4.78, 5) is 2.01. The fourth-order valence-corrected chi connectivity index (χ4v) is 1.76. The highest BCUT2D eigenvalue weighted by molar-refractivity contribution is 6.29. The van der Waals surface area contributed by atoms with Crippen LogP contribution in [0.25, 0.3) is 0 Å². The average molecular weight is 230 g/mol. The van der Waals surface area contributed by atoms with E-state index in [0.717, 1.165) is 18.6 Å². The minimum absolute atomic E-state index is 0.264. The maximum Gasteiger partial charge on any atom is 0.154 e. The van der Waals surface area contributed by atoms with E-state index in [-0.39, 0.29) is 6.10 Å². The maximum atomic E-state index is 6.22. The molecule has 2 nitrogen and oxygen atoms in total. The van der Waals surface area contributed by atoms with Gasteiger partial charge in [-0.05, 0) is 25.8 Å². The Morgan fingerprint density at radius 1 is 1.47 bits per heavy atom. The molecule has 0 fully saturated rings. The molecule has 0 bridgehead atoms. The monoisotopic (exact) mass is 229 g/mol. The van der Waals surface area contributed by atoms with Gasteiger partial charge in [0.1, 0.15) is 5.16 Å². The van der Waals surface area contributed by atoms with E-state index < -0.39 is 0 Å². The van der Waals surface area contributed by atoms with Crippen molar-refractivity contribution in [3.63, 3.8) is 0 Å². The molecule has 1 aliphatic heterocycles. The van der Waals surface area contributed by atoms with Gasteiger partial charge < -0.3 is 9.64 Å². The number of ether oxygens (including phenoxy) is 1. The molecule has 1 aliphatic rings. The quantitative estimate of drug-likeness (QED) is 0.685. The molecule has 1 rings (SSSR count). The van der Waals surface area contributed by atoms with Gasteiger partial charge in [0.25, 0.3) is 0 Å². The van der Waals surface area contributed by atoms with Crippen LogP contribution in [0.15, 0.2) is 23.1 Å². The molecule has 15 heavy (non-hydrogen) atoms. The number of allylic oxidation sites excluding steroid dienone is 1. The van der Waals surface area contributed by atoms with Crippen LogP contribution in [0.2, 0.25) is 0 Å². The molecule has 0 saturated carbocycles. The van der Waals surface area contributed by atoms with Crippen LogP contribution < -0.4 is 0 Å². The molecule has 0 spiro atoms. The highest BCUT2D eigenvalue weighted by Crippen LogP contribution is 2.25. The molecule has 0 radical (unpaired) electrons. The number of hydrogen-bond acceptors (Lipinski definition) is 2. The van der Waals surface area contributed by atoms with Crippen molar-refractivity contribution in [2.75, 3.05) is 7.05 Å². The van der Waals surface area contributed by atoms with E-state index in [0.29, 0.717) is 11.2 Å². The molecule has 1 unspecified atom stereocenters. The van der Waals surface area contributed by atoms with Crippen molar-refractivity contribution in [3.8, 4) is 0 Å². The molecule has 0 N–H and O–H groups in total. The van der Waals surface area contributed by atoms with Crippen molar-refractivity contribution >= 4 is 11.6 Å². The van der Waals surface area contributed by atoms with Crippen molar-refractivity contribution in [2.45, 2.75) is 45.8 Å². The van der Waals surface area contributed by atoms with Gasteiger partial charge in [-0.2, -0.15) is 0 Å². The Balaban J connectivity index is 2.73. The van der Waals surface area contributed by atoms with Gasteiger partial charge in [0, 0.05) is 13.1 Å². The van der Waals surface area contributed by atoms with Crippen molar-refractivity contribution in [1.29, 1.82) is 0 Å². The number of hydrogen-bond donors (Lipinski definition) is 0. The first-order valence-corrected chi connectivity index (χ1v) is 5.95. The van der Waals surface area contributed by atoms with Crippen LogP contribution in [-0.2, 0) is 4.74 Å². The second-order valence-electron chi connectivity index (χ2n) is 3.92. The Morgan fingerprint density at radius 3 is 2.60 bits per heavy atom. The normalized spacial score (nSPS) is 21.5. The largest absolute Gasteiger partial charge is 0.487 e. The first kappa shape index (κ1) is 12.4. The summed E-state index contributed by atoms with van der Waals surface area (Å²) in [7, 11) is 1.98. The van der Waals surface area contributed by atoms with Gasteiger partial charge >= 0.3 is 0 Å². The van der Waals surface area contributed by atoms with Gasteiger partial charge in [0.15, 0.2) is 5.76 Å². The summed E-state index contributed by atoms with van der Waals surface area (Å²) in [5.41, 5.74) is 0. The lowest BCUT2D eigenvalue weighted by Gasteiger charge is -2.30. The highest BCUT2D eigenvalue weighted by atomic mass is 35.5. The van der Waals surface area contributed by atoms with Crippen LogP contribution in [0, 0.1) is 0 Å². The molecule has 0 aromatic carbocycles. The molecule has 86 valence electrons. The number of halogens is 1. The van der Waals surface area contributed by atoms with E-state index >= 15 is 0 Å². The zero-order valence-electron chi connectivity index (χ0n) is 9.96. The third-order valence-corrected chi connectivity index (χ3v) is 3.31. The van der Waals surface area contributed by atoms with Gasteiger partial charge in [0.2, 0.25) is 0 Å². The fourth-order valence-electron chi connectivity index (χ4n) is 1.50. The predicted octanol–water partition coefficient (Wildman–Crippen LogP) is 3.49. The van der Waals surface area contributed by atoms with Crippen LogP contribution in [0.3, 0.4) is 0 Å². The fraction of sp³-hybridized carbons (Fsp3) is 0.667. The number of likely N-dealkylation sites (N-methyl/N-ethyl adjacent to an activating group) is 1. The van der Waals surface area contributed by atoms with Gasteiger partial charge in [-0.15, -0.1) is 0 Å². The van der Waals surface area contributed by atoms with Gasteiger partial charge in [-0.1, -0.05) is 31.5 Å². The summed E-state index contributed by atoms with van der Waals surface area (Å²) in [5.74, 6) is 0.797. The molecule has 3 heteroatoms. The molecule has 0 amide bonds. The van der Waals surface area contributed by atoms with Crippen molar-refractivity contribution in [1.82, 2.24) is 4.90 Å². The van der Waals surface area contributed by atoms with E-state index in [9.17, 15) is 0 Å². The lowest BCUT2D eigenvalue weighted by atomic mass is 10.2. The van der Waals surface area contributed by atoms with Gasteiger partial charge in [-0.25, -0.2) is 0 Å². The Labute approximate surface area is 97.5 Å². The van der Waals surface area contributed by atoms with Gasteiger partial charge in [0.05, 0.1) is 6.10 Å². The molecule has 0 aromatic heterocycles. The van der Waals surface area contributed by atoms with Crippen LogP contribution in [-0.4, -0.2) is 24.1 Å². The van der Waals surface area contributed by atoms with Crippen molar-refractivity contribution < 1.29 is 4.74 Å². The number of rotatable bonds is 4. The van der Waals surface area contributed by atoms with Crippen LogP contribution >= 0.6 is 11.6 Å². The molecule has 0 aromatic rings. The third kappa shape index (κ3) is 2.91. The molecular weight excluding hydrogens is 210 g/mol. The molecule has 1 atom stereocenters. The molecular formula is C12H20ClNO. The molecule has 0 aliphatic carbocycles. The minimum Gasteiger partial charge on any atom is -0.487 e.